The van der Waals surface area contributed by atoms with Crippen LogP contribution in [0, 0.1) is 17.0 Å². The molecule has 0 saturated heterocycles. The Balaban J connectivity index is 3.09. The van der Waals surface area contributed by atoms with Crippen LogP contribution >= 0.6 is 23.4 Å². The molecular weight excluding hydrogens is 292 g/mol. The minimum Gasteiger partial charge on any atom is -0.395 e. The Labute approximate surface area is 119 Å². The Bertz CT molecular complexity index is 470. The molecule has 0 aliphatic heterocycles. The molecule has 1 heterocycles. The van der Waals surface area contributed by atoms with Gasteiger partial charge in [-0.15, -0.1) is 0 Å². The van der Waals surface area contributed by atoms with Gasteiger partial charge < -0.3 is 10.4 Å². The van der Waals surface area contributed by atoms with Gasteiger partial charge in [0.1, 0.15) is 5.69 Å². The van der Waals surface area contributed by atoms with Crippen molar-refractivity contribution in [1.29, 1.82) is 0 Å². The van der Waals surface area contributed by atoms with Crippen molar-refractivity contribution in [2.75, 3.05) is 18.2 Å². The van der Waals surface area contributed by atoms with Gasteiger partial charge in [0.25, 0.3) is 0 Å². The van der Waals surface area contributed by atoms with E-state index in [4.69, 9.17) is 11.6 Å². The Hall–Kier alpha value is -1.12. The molecular formula is C10H15ClN4O3S. The number of thioether (sulfide) groups is 1. The molecule has 0 bridgehead atoms. The fourth-order valence-electron chi connectivity index (χ4n) is 1.60. The molecule has 0 fully saturated rings. The first-order valence-electron chi connectivity index (χ1n) is 5.49. The van der Waals surface area contributed by atoms with Crippen LogP contribution in [0.4, 0.5) is 11.5 Å². The highest BCUT2D eigenvalue weighted by Crippen LogP contribution is 2.28. The highest BCUT2D eigenvalue weighted by molar-refractivity contribution is 7.99. The van der Waals surface area contributed by atoms with E-state index in [0.717, 1.165) is 0 Å². The van der Waals surface area contributed by atoms with Crippen molar-refractivity contribution in [1.82, 2.24) is 9.97 Å². The van der Waals surface area contributed by atoms with Crippen LogP contribution in [0.5, 0.6) is 0 Å². The maximum Gasteiger partial charge on any atom is 0.332 e. The Morgan fingerprint density at radius 2 is 2.21 bits per heavy atom. The van der Waals surface area contributed by atoms with Crippen LogP contribution in [0.2, 0.25) is 5.28 Å². The van der Waals surface area contributed by atoms with Gasteiger partial charge in [-0.1, -0.05) is 0 Å². The van der Waals surface area contributed by atoms with E-state index in [-0.39, 0.29) is 40.4 Å². The van der Waals surface area contributed by atoms with Gasteiger partial charge in [-0.05, 0) is 31.7 Å². The minimum absolute atomic E-state index is 0.0407. The van der Waals surface area contributed by atoms with Crippen LogP contribution < -0.4 is 5.32 Å². The highest BCUT2D eigenvalue weighted by Gasteiger charge is 2.25. The number of aromatic nitrogens is 2. The van der Waals surface area contributed by atoms with E-state index in [1.165, 1.54) is 18.7 Å². The standard InChI is InChI=1S/C10H15ClN4O3S/c1-5(7(4-16)19-3)12-9-8(15(17)18)6(2)13-10(11)14-9/h5,7,16H,4H2,1-3H3,(H,12,13,14). The van der Waals surface area contributed by atoms with Gasteiger partial charge in [-0.2, -0.15) is 16.7 Å². The summed E-state index contributed by atoms with van der Waals surface area (Å²) >= 11 is 7.18. The van der Waals surface area contributed by atoms with Crippen molar-refractivity contribution in [3.8, 4) is 0 Å². The third kappa shape index (κ3) is 3.92. The van der Waals surface area contributed by atoms with Gasteiger partial charge >= 0.3 is 5.69 Å². The van der Waals surface area contributed by atoms with Crippen LogP contribution in [0.25, 0.3) is 0 Å². The molecule has 106 valence electrons. The summed E-state index contributed by atoms with van der Waals surface area (Å²) in [5.74, 6) is 0.0718. The van der Waals surface area contributed by atoms with Crippen molar-refractivity contribution >= 4 is 34.9 Å². The van der Waals surface area contributed by atoms with Gasteiger partial charge in [-0.25, -0.2) is 4.98 Å². The molecule has 0 amide bonds. The van der Waals surface area contributed by atoms with Crippen LogP contribution in [-0.2, 0) is 0 Å². The Kier molecular flexibility index (Phi) is 5.77. The first-order valence-corrected chi connectivity index (χ1v) is 7.16. The lowest BCUT2D eigenvalue weighted by molar-refractivity contribution is -0.385. The molecule has 0 radical (unpaired) electrons. The number of nitrogens with one attached hydrogen (secondary N) is 1. The van der Waals surface area contributed by atoms with Gasteiger partial charge in [0.15, 0.2) is 0 Å². The summed E-state index contributed by atoms with van der Waals surface area (Å²) in [6.07, 6.45) is 1.85. The normalized spacial score (nSPS) is 13.9. The van der Waals surface area contributed by atoms with Gasteiger partial charge in [0, 0.05) is 11.3 Å². The number of anilines is 1. The summed E-state index contributed by atoms with van der Waals surface area (Å²) in [4.78, 5) is 18.1. The van der Waals surface area contributed by atoms with Crippen LogP contribution in [0.15, 0.2) is 0 Å². The van der Waals surface area contributed by atoms with E-state index in [0.29, 0.717) is 0 Å². The number of hydrogen-bond acceptors (Lipinski definition) is 7. The number of rotatable bonds is 6. The molecule has 19 heavy (non-hydrogen) atoms. The summed E-state index contributed by atoms with van der Waals surface area (Å²) in [7, 11) is 0. The molecule has 2 N–H and O–H groups in total. The smallest absolute Gasteiger partial charge is 0.332 e. The minimum atomic E-state index is -0.548. The first-order chi connectivity index (χ1) is 8.90. The third-order valence-electron chi connectivity index (χ3n) is 2.62. The van der Waals surface area contributed by atoms with Gasteiger partial charge in [0.2, 0.25) is 11.1 Å². The molecule has 1 rings (SSSR count). The maximum absolute atomic E-state index is 11.0. The van der Waals surface area contributed by atoms with Crippen molar-refractivity contribution in [2.24, 2.45) is 0 Å². The molecule has 0 aliphatic rings. The second-order valence-corrected chi connectivity index (χ2v) is 5.34. The fourth-order valence-corrected chi connectivity index (χ4v) is 2.43. The molecule has 0 saturated carbocycles. The quantitative estimate of drug-likeness (QED) is 0.470. The first kappa shape index (κ1) is 15.9. The molecule has 1 aromatic rings. The van der Waals surface area contributed by atoms with Gasteiger partial charge in [-0.3, -0.25) is 10.1 Å². The van der Waals surface area contributed by atoms with Crippen molar-refractivity contribution < 1.29 is 10.0 Å². The topological polar surface area (TPSA) is 101 Å². The monoisotopic (exact) mass is 306 g/mol. The predicted molar refractivity (Wildman–Crippen MR) is 75.9 cm³/mol. The van der Waals surface area contributed by atoms with Crippen LogP contribution in [0.3, 0.4) is 0 Å². The molecule has 0 aliphatic carbocycles. The molecule has 1 aromatic heterocycles. The summed E-state index contributed by atoms with van der Waals surface area (Å²) in [6, 6.07) is -0.205. The number of aliphatic hydroxyl groups is 1. The number of nitro groups is 1. The number of hydrogen-bond donors (Lipinski definition) is 2. The molecule has 0 aromatic carbocycles. The van der Waals surface area contributed by atoms with Crippen molar-refractivity contribution in [2.45, 2.75) is 25.1 Å². The number of aliphatic hydroxyl groups excluding tert-OH is 1. The maximum atomic E-state index is 11.0. The lowest BCUT2D eigenvalue weighted by Gasteiger charge is -2.21. The van der Waals surface area contributed by atoms with E-state index >= 15 is 0 Å². The highest BCUT2D eigenvalue weighted by atomic mass is 35.5. The summed E-state index contributed by atoms with van der Waals surface area (Å²) in [5.41, 5.74) is -0.00144. The SMILES string of the molecule is CSC(CO)C(C)Nc1nc(Cl)nc(C)c1[N+](=O)[O-]. The summed E-state index contributed by atoms with van der Waals surface area (Å²) < 4.78 is 0. The molecule has 2 atom stereocenters. The lowest BCUT2D eigenvalue weighted by Crippen LogP contribution is -2.31. The van der Waals surface area contributed by atoms with E-state index in [9.17, 15) is 15.2 Å². The zero-order valence-corrected chi connectivity index (χ0v) is 12.3. The summed E-state index contributed by atoms with van der Waals surface area (Å²) in [6.45, 7) is 3.27. The molecule has 0 spiro atoms. The van der Waals surface area contributed by atoms with Crippen LogP contribution in [-0.4, -0.2) is 44.2 Å². The van der Waals surface area contributed by atoms with Crippen molar-refractivity contribution in [3.63, 3.8) is 0 Å². The molecule has 7 nitrogen and oxygen atoms in total. The lowest BCUT2D eigenvalue weighted by atomic mass is 10.2. The second kappa shape index (κ2) is 6.88. The summed E-state index contributed by atoms with van der Waals surface area (Å²) in [5, 5.41) is 23.0. The number of halogens is 1. The second-order valence-electron chi connectivity index (χ2n) is 3.92. The Morgan fingerprint density at radius 1 is 1.58 bits per heavy atom. The number of nitrogens with zero attached hydrogens (tertiary/aromatic N) is 3. The zero-order chi connectivity index (χ0) is 14.6. The van der Waals surface area contributed by atoms with E-state index in [1.54, 1.807) is 0 Å². The van der Waals surface area contributed by atoms with E-state index in [1.807, 2.05) is 13.2 Å². The fraction of sp³-hybridized carbons (Fsp3) is 0.600. The molecule has 2 unspecified atom stereocenters. The third-order valence-corrected chi connectivity index (χ3v) is 3.95. The van der Waals surface area contributed by atoms with E-state index < -0.39 is 4.92 Å². The van der Waals surface area contributed by atoms with Gasteiger partial charge in [0.05, 0.1) is 11.5 Å². The Morgan fingerprint density at radius 3 is 2.68 bits per heavy atom. The van der Waals surface area contributed by atoms with Crippen molar-refractivity contribution in [3.05, 3.63) is 21.1 Å². The van der Waals surface area contributed by atoms with Crippen LogP contribution in [0.1, 0.15) is 12.6 Å². The average Bonchev–Trinajstić information content (AvgIpc) is 2.28. The zero-order valence-electron chi connectivity index (χ0n) is 10.8. The largest absolute Gasteiger partial charge is 0.395 e. The predicted octanol–water partition coefficient (Wildman–Crippen LogP) is 1.87. The molecule has 9 heteroatoms. The van der Waals surface area contributed by atoms with E-state index in [2.05, 4.69) is 15.3 Å². The average molecular weight is 307 g/mol. The number of aryl methyl sites for hydroxylation is 1.